The molecule has 7 heteroatoms. The third-order valence-electron chi connectivity index (χ3n) is 5.99. The number of amides is 1. The molecule has 0 radical (unpaired) electrons. The van der Waals surface area contributed by atoms with Gasteiger partial charge in [-0.05, 0) is 30.0 Å². The highest BCUT2D eigenvalue weighted by molar-refractivity contribution is 5.85. The fourth-order valence-electron chi connectivity index (χ4n) is 4.53. The number of fused-ring (bicyclic) bond motifs is 2. The second-order valence-electron chi connectivity index (χ2n) is 8.04. The first-order valence-electron chi connectivity index (χ1n) is 10.2. The summed E-state index contributed by atoms with van der Waals surface area (Å²) >= 11 is 0. The first-order chi connectivity index (χ1) is 14.2. The zero-order valence-electron chi connectivity index (χ0n) is 17.0. The van der Waals surface area contributed by atoms with Crippen LogP contribution >= 0.6 is 12.4 Å². The van der Waals surface area contributed by atoms with Crippen molar-refractivity contribution < 1.29 is 4.79 Å². The molecule has 1 amide bonds. The summed E-state index contributed by atoms with van der Waals surface area (Å²) in [5.41, 5.74) is 3.77. The van der Waals surface area contributed by atoms with Crippen molar-refractivity contribution in [2.24, 2.45) is 0 Å². The predicted molar refractivity (Wildman–Crippen MR) is 117 cm³/mol. The summed E-state index contributed by atoms with van der Waals surface area (Å²) in [4.78, 5) is 15.2. The van der Waals surface area contributed by atoms with Crippen molar-refractivity contribution in [1.82, 2.24) is 25.0 Å². The maximum Gasteiger partial charge on any atom is 0.240 e. The molecule has 2 aliphatic heterocycles. The van der Waals surface area contributed by atoms with Gasteiger partial charge in [0.1, 0.15) is 5.82 Å². The first-order valence-corrected chi connectivity index (χ1v) is 10.2. The number of rotatable bonds is 3. The van der Waals surface area contributed by atoms with Gasteiger partial charge in [0, 0.05) is 19.5 Å². The fraction of sp³-hybridized carbons (Fsp3) is 0.348. The second-order valence-corrected chi connectivity index (χ2v) is 8.04. The van der Waals surface area contributed by atoms with Gasteiger partial charge >= 0.3 is 0 Å². The molecule has 2 aromatic carbocycles. The third kappa shape index (κ3) is 3.85. The van der Waals surface area contributed by atoms with Crippen LogP contribution in [0.25, 0.3) is 0 Å². The van der Waals surface area contributed by atoms with Gasteiger partial charge in [-0.1, -0.05) is 54.6 Å². The number of carbonyl (C=O) groups excluding carboxylic acids is 1. The molecule has 0 aliphatic carbocycles. The molecule has 2 atom stereocenters. The van der Waals surface area contributed by atoms with Crippen LogP contribution < -0.4 is 5.32 Å². The third-order valence-corrected chi connectivity index (χ3v) is 5.99. The highest BCUT2D eigenvalue weighted by atomic mass is 35.5. The molecule has 156 valence electrons. The lowest BCUT2D eigenvalue weighted by molar-refractivity contribution is -0.135. The lowest BCUT2D eigenvalue weighted by Gasteiger charge is -2.36. The number of carbonyl (C=O) groups is 1. The van der Waals surface area contributed by atoms with Crippen molar-refractivity contribution >= 4 is 18.3 Å². The van der Waals surface area contributed by atoms with E-state index in [9.17, 15) is 4.79 Å². The minimum Gasteiger partial charge on any atom is -0.332 e. The van der Waals surface area contributed by atoms with Gasteiger partial charge in [0.2, 0.25) is 5.91 Å². The summed E-state index contributed by atoms with van der Waals surface area (Å²) in [6.07, 6.45) is 1.50. The van der Waals surface area contributed by atoms with Crippen LogP contribution in [-0.2, 0) is 30.7 Å². The Morgan fingerprint density at radius 2 is 1.80 bits per heavy atom. The summed E-state index contributed by atoms with van der Waals surface area (Å²) < 4.78 is 2.21. The van der Waals surface area contributed by atoms with E-state index in [2.05, 4.69) is 57.3 Å². The molecule has 0 spiro atoms. The maximum atomic E-state index is 13.2. The molecule has 0 saturated carbocycles. The zero-order valence-corrected chi connectivity index (χ0v) is 17.8. The summed E-state index contributed by atoms with van der Waals surface area (Å²) in [5, 5.41) is 12.3. The predicted octanol–water partition coefficient (Wildman–Crippen LogP) is 2.91. The van der Waals surface area contributed by atoms with E-state index in [-0.39, 0.29) is 30.4 Å². The molecular formula is C23H26ClN5O. The Balaban J connectivity index is 0.00000218. The van der Waals surface area contributed by atoms with Crippen LogP contribution in [-0.4, -0.2) is 38.2 Å². The van der Waals surface area contributed by atoms with Gasteiger partial charge in [-0.2, -0.15) is 0 Å². The van der Waals surface area contributed by atoms with Gasteiger partial charge in [0.25, 0.3) is 0 Å². The number of benzene rings is 2. The van der Waals surface area contributed by atoms with Crippen molar-refractivity contribution in [2.75, 3.05) is 6.54 Å². The molecule has 2 aliphatic rings. The Labute approximate surface area is 182 Å². The molecule has 3 heterocycles. The summed E-state index contributed by atoms with van der Waals surface area (Å²) in [6.45, 7) is 4.09. The van der Waals surface area contributed by atoms with Crippen LogP contribution in [0.2, 0.25) is 0 Å². The Hall–Kier alpha value is -2.70. The number of nitrogens with zero attached hydrogens (tertiary/aromatic N) is 4. The largest absolute Gasteiger partial charge is 0.332 e. The highest BCUT2D eigenvalue weighted by Gasteiger charge is 2.33. The lowest BCUT2D eigenvalue weighted by Crippen LogP contribution is -2.52. The van der Waals surface area contributed by atoms with Gasteiger partial charge in [-0.25, -0.2) is 0 Å². The van der Waals surface area contributed by atoms with Crippen LogP contribution in [0.1, 0.15) is 41.3 Å². The highest BCUT2D eigenvalue weighted by Crippen LogP contribution is 2.25. The van der Waals surface area contributed by atoms with E-state index >= 15 is 0 Å². The van der Waals surface area contributed by atoms with Crippen molar-refractivity contribution in [2.45, 2.75) is 44.9 Å². The zero-order chi connectivity index (χ0) is 19.8. The Kier molecular flexibility index (Phi) is 5.88. The van der Waals surface area contributed by atoms with Gasteiger partial charge in [0.15, 0.2) is 5.82 Å². The van der Waals surface area contributed by atoms with E-state index in [1.165, 1.54) is 16.7 Å². The molecule has 6 nitrogen and oxygen atoms in total. The van der Waals surface area contributed by atoms with E-state index in [1.54, 1.807) is 0 Å². The molecular weight excluding hydrogens is 398 g/mol. The van der Waals surface area contributed by atoms with Crippen molar-refractivity contribution in [3.63, 3.8) is 0 Å². The van der Waals surface area contributed by atoms with Gasteiger partial charge in [-0.15, -0.1) is 22.6 Å². The molecule has 5 rings (SSSR count). The normalized spacial score (nSPS) is 20.1. The summed E-state index contributed by atoms with van der Waals surface area (Å²) in [5.74, 6) is 2.00. The number of nitrogens with one attached hydrogen (secondary N) is 1. The molecule has 0 bridgehead atoms. The van der Waals surface area contributed by atoms with Crippen LogP contribution in [0, 0.1) is 0 Å². The van der Waals surface area contributed by atoms with Crippen LogP contribution in [0.15, 0.2) is 54.6 Å². The summed E-state index contributed by atoms with van der Waals surface area (Å²) in [6, 6.07) is 18.7. The number of hydrogen-bond donors (Lipinski definition) is 1. The van der Waals surface area contributed by atoms with Crippen LogP contribution in [0.3, 0.4) is 0 Å². The number of halogens is 1. The van der Waals surface area contributed by atoms with E-state index < -0.39 is 0 Å². The Morgan fingerprint density at radius 3 is 2.60 bits per heavy atom. The minimum atomic E-state index is -0.171. The second kappa shape index (κ2) is 8.58. The average molecular weight is 424 g/mol. The molecule has 30 heavy (non-hydrogen) atoms. The summed E-state index contributed by atoms with van der Waals surface area (Å²) in [7, 11) is 0. The Morgan fingerprint density at radius 1 is 1.07 bits per heavy atom. The van der Waals surface area contributed by atoms with Crippen molar-refractivity contribution in [3.05, 3.63) is 82.9 Å². The van der Waals surface area contributed by atoms with Crippen molar-refractivity contribution in [1.29, 1.82) is 0 Å². The standard InChI is InChI=1S/C23H25N5O.ClH/c1-16-14-27(23(29)20-12-18-9-5-6-10-19(18)13-24-20)15-22-26-25-21(28(16)22)11-17-7-3-2-4-8-17;/h2-10,16,20,24H,11-15H2,1H3;1H/t16-,20+;/m0./s1. The van der Waals surface area contributed by atoms with Gasteiger partial charge < -0.3 is 14.8 Å². The maximum absolute atomic E-state index is 13.2. The molecule has 1 aromatic heterocycles. The lowest BCUT2D eigenvalue weighted by atomic mass is 9.95. The molecule has 0 unspecified atom stereocenters. The average Bonchev–Trinajstić information content (AvgIpc) is 3.16. The topological polar surface area (TPSA) is 63.1 Å². The van der Waals surface area contributed by atoms with E-state index in [4.69, 9.17) is 0 Å². The molecule has 1 N–H and O–H groups in total. The smallest absolute Gasteiger partial charge is 0.240 e. The number of aromatic nitrogens is 3. The van der Waals surface area contributed by atoms with E-state index in [0.717, 1.165) is 31.0 Å². The number of hydrogen-bond acceptors (Lipinski definition) is 4. The van der Waals surface area contributed by atoms with Crippen LogP contribution in [0.4, 0.5) is 0 Å². The van der Waals surface area contributed by atoms with Crippen molar-refractivity contribution in [3.8, 4) is 0 Å². The molecule has 0 fully saturated rings. The quantitative estimate of drug-likeness (QED) is 0.703. The molecule has 3 aromatic rings. The first kappa shape index (κ1) is 20.6. The van der Waals surface area contributed by atoms with Crippen LogP contribution in [0.5, 0.6) is 0 Å². The SMILES string of the molecule is C[C@H]1CN(C(=O)[C@H]2Cc3ccccc3CN2)Cc2nnc(Cc3ccccc3)n21.Cl. The van der Waals surface area contributed by atoms with Gasteiger partial charge in [0.05, 0.1) is 18.6 Å². The Bertz CT molecular complexity index is 1040. The molecule has 0 saturated heterocycles. The van der Waals surface area contributed by atoms with E-state index in [1.807, 2.05) is 29.2 Å². The fourth-order valence-corrected chi connectivity index (χ4v) is 4.53. The monoisotopic (exact) mass is 423 g/mol. The van der Waals surface area contributed by atoms with E-state index in [0.29, 0.717) is 13.1 Å². The van der Waals surface area contributed by atoms with Gasteiger partial charge in [-0.3, -0.25) is 4.79 Å². The minimum absolute atomic E-state index is 0.